The topological polar surface area (TPSA) is 80.3 Å². The van der Waals surface area contributed by atoms with E-state index in [2.05, 4.69) is 27.8 Å². The van der Waals surface area contributed by atoms with Gasteiger partial charge in [0.05, 0.1) is 25.5 Å². The number of anilines is 1. The van der Waals surface area contributed by atoms with Crippen molar-refractivity contribution < 1.29 is 14.3 Å². The molecule has 6 nitrogen and oxygen atoms in total. The summed E-state index contributed by atoms with van der Waals surface area (Å²) in [6.45, 7) is 1.29. The van der Waals surface area contributed by atoms with Gasteiger partial charge in [0.2, 0.25) is 11.8 Å². The third kappa shape index (κ3) is 3.32. The van der Waals surface area contributed by atoms with E-state index in [1.807, 2.05) is 11.4 Å². The third-order valence-corrected chi connectivity index (χ3v) is 4.90. The van der Waals surface area contributed by atoms with Crippen molar-refractivity contribution in [3.8, 4) is 11.3 Å². The molecule has 0 saturated heterocycles. The number of ether oxygens (including phenoxy) is 1. The van der Waals surface area contributed by atoms with Gasteiger partial charge in [0.25, 0.3) is 0 Å². The first-order chi connectivity index (χ1) is 11.7. The summed E-state index contributed by atoms with van der Waals surface area (Å²) in [6.07, 6.45) is 1.85. The van der Waals surface area contributed by atoms with E-state index in [9.17, 15) is 9.59 Å². The number of carbonyl (C=O) groups excluding carboxylic acids is 2. The molecule has 1 saturated carbocycles. The molecule has 1 aromatic carbocycles. The summed E-state index contributed by atoms with van der Waals surface area (Å²) in [7, 11) is 0. The number of hydrogen-bond acceptors (Lipinski definition) is 5. The Bertz CT molecular complexity index is 798. The van der Waals surface area contributed by atoms with E-state index in [0.29, 0.717) is 18.3 Å². The van der Waals surface area contributed by atoms with Crippen molar-refractivity contribution in [1.29, 1.82) is 0 Å². The molecule has 0 atom stereocenters. The van der Waals surface area contributed by atoms with Gasteiger partial charge in [-0.1, -0.05) is 12.1 Å². The second-order valence-corrected chi connectivity index (χ2v) is 6.91. The maximum Gasteiger partial charge on any atom is 0.245 e. The van der Waals surface area contributed by atoms with E-state index in [-0.39, 0.29) is 24.3 Å². The molecule has 1 fully saturated rings. The second kappa shape index (κ2) is 6.33. The maximum atomic E-state index is 11.9. The first-order valence-electron chi connectivity index (χ1n) is 7.92. The molecule has 24 heavy (non-hydrogen) atoms. The highest BCUT2D eigenvalue weighted by atomic mass is 32.1. The molecule has 7 heteroatoms. The molecule has 4 rings (SSSR count). The molecule has 2 N–H and O–H groups in total. The fourth-order valence-electron chi connectivity index (χ4n) is 2.62. The number of nitrogens with one attached hydrogen (secondary N) is 2. The van der Waals surface area contributed by atoms with Crippen LogP contribution in [0.2, 0.25) is 0 Å². The molecule has 2 amide bonds. The fourth-order valence-corrected chi connectivity index (χ4v) is 3.35. The molecule has 2 heterocycles. The second-order valence-electron chi connectivity index (χ2n) is 6.05. The lowest BCUT2D eigenvalue weighted by molar-refractivity contribution is -0.125. The lowest BCUT2D eigenvalue weighted by Crippen LogP contribution is -2.33. The lowest BCUT2D eigenvalue weighted by atomic mass is 10.1. The number of nitrogens with zero attached hydrogens (tertiary/aromatic N) is 1. The van der Waals surface area contributed by atoms with Crippen molar-refractivity contribution in [3.05, 3.63) is 34.7 Å². The van der Waals surface area contributed by atoms with Gasteiger partial charge >= 0.3 is 0 Å². The van der Waals surface area contributed by atoms with Gasteiger partial charge in [0.1, 0.15) is 0 Å². The summed E-state index contributed by atoms with van der Waals surface area (Å²) in [5, 5.41) is 7.82. The standard InChI is InChI=1S/C17H17N3O3S/c21-15(6-18-16(22)10-1-2-10)20-17-19-14(9-24-17)11-3-4-12-7-23-8-13(12)5-11/h3-5,9-10H,1-2,6-8H2,(H,18,22)(H,19,20,21). The van der Waals surface area contributed by atoms with Crippen molar-refractivity contribution in [3.63, 3.8) is 0 Å². The third-order valence-electron chi connectivity index (χ3n) is 4.14. The molecule has 1 aliphatic heterocycles. The number of rotatable bonds is 5. The highest BCUT2D eigenvalue weighted by Gasteiger charge is 2.29. The molecular formula is C17H17N3O3S. The van der Waals surface area contributed by atoms with Crippen LogP contribution in [-0.4, -0.2) is 23.3 Å². The average Bonchev–Trinajstić information content (AvgIpc) is 3.15. The minimum Gasteiger partial charge on any atom is -0.372 e. The number of amides is 2. The smallest absolute Gasteiger partial charge is 0.245 e. The van der Waals surface area contributed by atoms with Gasteiger partial charge in [-0.3, -0.25) is 9.59 Å². The van der Waals surface area contributed by atoms with Gasteiger partial charge in [-0.05, 0) is 30.0 Å². The Balaban J connectivity index is 1.37. The zero-order valence-corrected chi connectivity index (χ0v) is 13.8. The van der Waals surface area contributed by atoms with Crippen molar-refractivity contribution in [2.45, 2.75) is 26.1 Å². The first-order valence-corrected chi connectivity index (χ1v) is 8.80. The van der Waals surface area contributed by atoms with Gasteiger partial charge in [-0.25, -0.2) is 4.98 Å². The Kier molecular flexibility index (Phi) is 4.03. The molecule has 0 bridgehead atoms. The van der Waals surface area contributed by atoms with Crippen molar-refractivity contribution in [2.24, 2.45) is 5.92 Å². The van der Waals surface area contributed by atoms with Crippen molar-refractivity contribution >= 4 is 28.3 Å². The summed E-state index contributed by atoms with van der Waals surface area (Å²) in [5.41, 5.74) is 4.24. The quantitative estimate of drug-likeness (QED) is 0.873. The molecule has 2 aliphatic rings. The summed E-state index contributed by atoms with van der Waals surface area (Å²) in [6, 6.07) is 6.16. The predicted molar refractivity (Wildman–Crippen MR) is 90.4 cm³/mol. The molecule has 1 aliphatic carbocycles. The molecule has 0 unspecified atom stereocenters. The monoisotopic (exact) mass is 343 g/mol. The Morgan fingerprint density at radius 2 is 2.08 bits per heavy atom. The van der Waals surface area contributed by atoms with Gasteiger partial charge in [0, 0.05) is 16.9 Å². The van der Waals surface area contributed by atoms with Gasteiger partial charge in [-0.2, -0.15) is 0 Å². The normalized spacial score (nSPS) is 15.8. The first kappa shape index (κ1) is 15.3. The van der Waals surface area contributed by atoms with Gasteiger partial charge in [0.15, 0.2) is 5.13 Å². The number of hydrogen-bond donors (Lipinski definition) is 2. The number of thiazole rings is 1. The maximum absolute atomic E-state index is 11.9. The number of benzene rings is 1. The van der Waals surface area contributed by atoms with Crippen LogP contribution in [-0.2, 0) is 27.5 Å². The Morgan fingerprint density at radius 1 is 1.25 bits per heavy atom. The van der Waals surface area contributed by atoms with Crippen LogP contribution in [0.1, 0.15) is 24.0 Å². The predicted octanol–water partition coefficient (Wildman–Crippen LogP) is 2.31. The van der Waals surface area contributed by atoms with Crippen LogP contribution in [0.3, 0.4) is 0 Å². The Labute approximate surface area is 143 Å². The number of fused-ring (bicyclic) bond motifs is 1. The molecule has 1 aromatic heterocycles. The van der Waals surface area contributed by atoms with Crippen LogP contribution in [0.25, 0.3) is 11.3 Å². The van der Waals surface area contributed by atoms with Crippen molar-refractivity contribution in [1.82, 2.24) is 10.3 Å². The number of aromatic nitrogens is 1. The highest BCUT2D eigenvalue weighted by Crippen LogP contribution is 2.30. The van der Waals surface area contributed by atoms with E-state index >= 15 is 0 Å². The molecule has 0 spiro atoms. The van der Waals surface area contributed by atoms with E-state index in [0.717, 1.165) is 24.1 Å². The summed E-state index contributed by atoms with van der Waals surface area (Å²) in [5.74, 6) is -0.189. The summed E-state index contributed by atoms with van der Waals surface area (Å²) in [4.78, 5) is 27.9. The van der Waals surface area contributed by atoms with Crippen molar-refractivity contribution in [2.75, 3.05) is 11.9 Å². The van der Waals surface area contributed by atoms with E-state index in [4.69, 9.17) is 4.74 Å². The number of carbonyl (C=O) groups is 2. The largest absolute Gasteiger partial charge is 0.372 e. The van der Waals surface area contributed by atoms with Crippen LogP contribution < -0.4 is 10.6 Å². The minimum absolute atomic E-state index is 0.0135. The van der Waals surface area contributed by atoms with Gasteiger partial charge in [-0.15, -0.1) is 11.3 Å². The molecule has 0 radical (unpaired) electrons. The van der Waals surface area contributed by atoms with E-state index < -0.39 is 0 Å². The van der Waals surface area contributed by atoms with Crippen LogP contribution in [0, 0.1) is 5.92 Å². The lowest BCUT2D eigenvalue weighted by Gasteiger charge is -2.04. The average molecular weight is 343 g/mol. The van der Waals surface area contributed by atoms with Crippen LogP contribution in [0.5, 0.6) is 0 Å². The minimum atomic E-state index is -0.257. The van der Waals surface area contributed by atoms with Crippen LogP contribution >= 0.6 is 11.3 Å². The SMILES string of the molecule is O=C(CNC(=O)C1CC1)Nc1nc(-c2ccc3c(c2)COC3)cs1. The van der Waals surface area contributed by atoms with E-state index in [1.54, 1.807) is 0 Å². The van der Waals surface area contributed by atoms with Crippen LogP contribution in [0.4, 0.5) is 5.13 Å². The zero-order chi connectivity index (χ0) is 16.5. The summed E-state index contributed by atoms with van der Waals surface area (Å²) >= 11 is 1.37. The molecular weight excluding hydrogens is 326 g/mol. The van der Waals surface area contributed by atoms with E-state index in [1.165, 1.54) is 22.5 Å². The fraction of sp³-hybridized carbons (Fsp3) is 0.353. The summed E-state index contributed by atoms with van der Waals surface area (Å²) < 4.78 is 5.42. The Hall–Kier alpha value is -2.25. The molecule has 124 valence electrons. The van der Waals surface area contributed by atoms with Gasteiger partial charge < -0.3 is 15.4 Å². The Morgan fingerprint density at radius 3 is 2.92 bits per heavy atom. The zero-order valence-electron chi connectivity index (χ0n) is 13.0. The highest BCUT2D eigenvalue weighted by molar-refractivity contribution is 7.14. The molecule has 2 aromatic rings. The van der Waals surface area contributed by atoms with Crippen LogP contribution in [0.15, 0.2) is 23.6 Å².